The van der Waals surface area contributed by atoms with Crippen molar-refractivity contribution in [3.8, 4) is 0 Å². The SMILES string of the molecule is C=C(C)CN(CC)CC1CCC(CN)O1. The number of ether oxygens (including phenoxy) is 1. The molecule has 0 aromatic carbocycles. The van der Waals surface area contributed by atoms with Crippen LogP contribution < -0.4 is 5.73 Å². The summed E-state index contributed by atoms with van der Waals surface area (Å²) in [4.78, 5) is 2.38. The summed E-state index contributed by atoms with van der Waals surface area (Å²) < 4.78 is 5.83. The molecule has 1 rings (SSSR count). The van der Waals surface area contributed by atoms with Gasteiger partial charge in [0.1, 0.15) is 0 Å². The lowest BCUT2D eigenvalue weighted by Gasteiger charge is -2.24. The third-order valence-corrected chi connectivity index (χ3v) is 2.86. The Balaban J connectivity index is 2.30. The Kier molecular flexibility index (Phi) is 5.29. The minimum absolute atomic E-state index is 0.290. The van der Waals surface area contributed by atoms with Crippen LogP contribution in [-0.4, -0.2) is 43.3 Å². The van der Waals surface area contributed by atoms with Crippen molar-refractivity contribution >= 4 is 0 Å². The van der Waals surface area contributed by atoms with E-state index in [2.05, 4.69) is 25.3 Å². The van der Waals surface area contributed by atoms with E-state index >= 15 is 0 Å². The molecule has 0 aromatic rings. The highest BCUT2D eigenvalue weighted by molar-refractivity contribution is 4.92. The zero-order valence-corrected chi connectivity index (χ0v) is 10.0. The zero-order valence-electron chi connectivity index (χ0n) is 10.0. The van der Waals surface area contributed by atoms with Gasteiger partial charge in [0.15, 0.2) is 0 Å². The second kappa shape index (κ2) is 6.26. The molecule has 1 saturated heterocycles. The second-order valence-electron chi connectivity index (χ2n) is 4.48. The topological polar surface area (TPSA) is 38.5 Å². The maximum absolute atomic E-state index is 5.83. The van der Waals surface area contributed by atoms with E-state index in [0.717, 1.165) is 32.5 Å². The minimum Gasteiger partial charge on any atom is -0.372 e. The zero-order chi connectivity index (χ0) is 11.3. The summed E-state index contributed by atoms with van der Waals surface area (Å²) in [6, 6.07) is 0. The largest absolute Gasteiger partial charge is 0.372 e. The monoisotopic (exact) mass is 212 g/mol. The molecule has 3 nitrogen and oxygen atoms in total. The first-order chi connectivity index (χ1) is 7.15. The first-order valence-electron chi connectivity index (χ1n) is 5.88. The summed E-state index contributed by atoms with van der Waals surface area (Å²) in [6.45, 7) is 11.9. The van der Waals surface area contributed by atoms with Crippen LogP contribution in [0.15, 0.2) is 12.2 Å². The molecule has 1 fully saturated rings. The summed E-state index contributed by atoms with van der Waals surface area (Å²) in [5, 5.41) is 0. The van der Waals surface area contributed by atoms with Gasteiger partial charge in [-0.15, -0.1) is 0 Å². The summed E-state index contributed by atoms with van der Waals surface area (Å²) in [7, 11) is 0. The third-order valence-electron chi connectivity index (χ3n) is 2.86. The van der Waals surface area contributed by atoms with Crippen molar-refractivity contribution in [2.45, 2.75) is 38.9 Å². The molecular weight excluding hydrogens is 188 g/mol. The number of likely N-dealkylation sites (N-methyl/N-ethyl adjacent to an activating group) is 1. The lowest BCUT2D eigenvalue weighted by molar-refractivity contribution is 0.0297. The fourth-order valence-electron chi connectivity index (χ4n) is 2.06. The van der Waals surface area contributed by atoms with Gasteiger partial charge in [-0.1, -0.05) is 19.1 Å². The van der Waals surface area contributed by atoms with Gasteiger partial charge in [0, 0.05) is 19.6 Å². The van der Waals surface area contributed by atoms with Crippen molar-refractivity contribution < 1.29 is 4.74 Å². The van der Waals surface area contributed by atoms with E-state index in [1.807, 2.05) is 0 Å². The molecule has 0 bridgehead atoms. The molecule has 1 aliphatic heterocycles. The van der Waals surface area contributed by atoms with Gasteiger partial charge in [-0.3, -0.25) is 4.90 Å². The van der Waals surface area contributed by atoms with Crippen LogP contribution >= 0.6 is 0 Å². The van der Waals surface area contributed by atoms with Gasteiger partial charge in [0.2, 0.25) is 0 Å². The van der Waals surface area contributed by atoms with Crippen molar-refractivity contribution in [1.29, 1.82) is 0 Å². The molecule has 1 heterocycles. The van der Waals surface area contributed by atoms with Crippen LogP contribution in [0, 0.1) is 0 Å². The highest BCUT2D eigenvalue weighted by Gasteiger charge is 2.25. The fraction of sp³-hybridized carbons (Fsp3) is 0.833. The van der Waals surface area contributed by atoms with E-state index in [1.165, 1.54) is 5.57 Å². The average molecular weight is 212 g/mol. The molecule has 2 unspecified atom stereocenters. The number of rotatable bonds is 6. The highest BCUT2D eigenvalue weighted by Crippen LogP contribution is 2.19. The van der Waals surface area contributed by atoms with Crippen LogP contribution in [0.25, 0.3) is 0 Å². The first-order valence-corrected chi connectivity index (χ1v) is 5.88. The molecule has 3 heteroatoms. The molecule has 2 atom stereocenters. The van der Waals surface area contributed by atoms with Crippen LogP contribution in [0.1, 0.15) is 26.7 Å². The van der Waals surface area contributed by atoms with Gasteiger partial charge in [-0.2, -0.15) is 0 Å². The average Bonchev–Trinajstić information content (AvgIpc) is 2.64. The molecule has 0 radical (unpaired) electrons. The fourth-order valence-corrected chi connectivity index (χ4v) is 2.06. The molecule has 15 heavy (non-hydrogen) atoms. The van der Waals surface area contributed by atoms with E-state index in [-0.39, 0.29) is 0 Å². The summed E-state index contributed by atoms with van der Waals surface area (Å²) in [5.41, 5.74) is 6.80. The van der Waals surface area contributed by atoms with E-state index in [1.54, 1.807) is 0 Å². The van der Waals surface area contributed by atoms with Crippen LogP contribution in [0.4, 0.5) is 0 Å². The molecule has 2 N–H and O–H groups in total. The maximum Gasteiger partial charge on any atom is 0.0707 e. The van der Waals surface area contributed by atoms with Gasteiger partial charge in [-0.05, 0) is 26.3 Å². The Morgan fingerprint density at radius 2 is 2.13 bits per heavy atom. The smallest absolute Gasteiger partial charge is 0.0707 e. The quantitative estimate of drug-likeness (QED) is 0.676. The van der Waals surface area contributed by atoms with Crippen LogP contribution in [0.3, 0.4) is 0 Å². The molecule has 0 aliphatic carbocycles. The Morgan fingerprint density at radius 3 is 2.60 bits per heavy atom. The van der Waals surface area contributed by atoms with Crippen molar-refractivity contribution in [1.82, 2.24) is 4.90 Å². The second-order valence-corrected chi connectivity index (χ2v) is 4.48. The van der Waals surface area contributed by atoms with Crippen LogP contribution in [-0.2, 0) is 4.74 Å². The number of nitrogens with zero attached hydrogens (tertiary/aromatic N) is 1. The highest BCUT2D eigenvalue weighted by atomic mass is 16.5. The van der Waals surface area contributed by atoms with Gasteiger partial charge in [-0.25, -0.2) is 0 Å². The molecule has 0 aromatic heterocycles. The number of nitrogens with two attached hydrogens (primary N) is 1. The van der Waals surface area contributed by atoms with E-state index in [0.29, 0.717) is 18.8 Å². The molecular formula is C12H24N2O. The standard InChI is InChI=1S/C12H24N2O/c1-4-14(8-10(2)3)9-12-6-5-11(7-13)15-12/h11-12H,2,4-9,13H2,1,3H3. The Morgan fingerprint density at radius 1 is 1.47 bits per heavy atom. The van der Waals surface area contributed by atoms with Crippen LogP contribution in [0.5, 0.6) is 0 Å². The molecule has 1 aliphatic rings. The third kappa shape index (κ3) is 4.33. The minimum atomic E-state index is 0.290. The van der Waals surface area contributed by atoms with Crippen LogP contribution in [0.2, 0.25) is 0 Å². The molecule has 0 amide bonds. The van der Waals surface area contributed by atoms with Gasteiger partial charge in [0.25, 0.3) is 0 Å². The predicted octanol–water partition coefficient (Wildman–Crippen LogP) is 1.39. The number of hydrogen-bond acceptors (Lipinski definition) is 3. The predicted molar refractivity (Wildman–Crippen MR) is 63.9 cm³/mol. The normalized spacial score (nSPS) is 26.1. The van der Waals surface area contributed by atoms with E-state index in [9.17, 15) is 0 Å². The van der Waals surface area contributed by atoms with Gasteiger partial charge < -0.3 is 10.5 Å². The van der Waals surface area contributed by atoms with E-state index in [4.69, 9.17) is 10.5 Å². The van der Waals surface area contributed by atoms with E-state index < -0.39 is 0 Å². The van der Waals surface area contributed by atoms with Crippen molar-refractivity contribution in [3.05, 3.63) is 12.2 Å². The lowest BCUT2D eigenvalue weighted by Crippen LogP contribution is -2.34. The Labute approximate surface area is 93.3 Å². The molecule has 88 valence electrons. The Bertz CT molecular complexity index is 206. The first kappa shape index (κ1) is 12.7. The summed E-state index contributed by atoms with van der Waals surface area (Å²) >= 11 is 0. The van der Waals surface area contributed by atoms with Gasteiger partial charge in [0.05, 0.1) is 12.2 Å². The van der Waals surface area contributed by atoms with Crippen molar-refractivity contribution in [3.63, 3.8) is 0 Å². The lowest BCUT2D eigenvalue weighted by atomic mass is 10.2. The number of hydrogen-bond donors (Lipinski definition) is 1. The summed E-state index contributed by atoms with van der Waals surface area (Å²) in [6.07, 6.45) is 2.93. The molecule has 0 spiro atoms. The maximum atomic E-state index is 5.83. The van der Waals surface area contributed by atoms with Crippen molar-refractivity contribution in [2.75, 3.05) is 26.2 Å². The molecule has 0 saturated carbocycles. The van der Waals surface area contributed by atoms with Gasteiger partial charge >= 0.3 is 0 Å². The van der Waals surface area contributed by atoms with Crippen molar-refractivity contribution in [2.24, 2.45) is 5.73 Å². The Hall–Kier alpha value is -0.380. The summed E-state index contributed by atoms with van der Waals surface area (Å²) in [5.74, 6) is 0.